The lowest BCUT2D eigenvalue weighted by Crippen LogP contribution is -2.30. The zero-order valence-corrected chi connectivity index (χ0v) is 11.4. The van der Waals surface area contributed by atoms with Gasteiger partial charge in [0.15, 0.2) is 0 Å². The number of ether oxygens (including phenoxy) is 1. The van der Waals surface area contributed by atoms with E-state index in [1.54, 1.807) is 36.8 Å². The smallest absolute Gasteiger partial charge is 0.319 e. The molecule has 0 spiro atoms. The van der Waals surface area contributed by atoms with Crippen LogP contribution in [0.2, 0.25) is 0 Å². The van der Waals surface area contributed by atoms with Gasteiger partial charge in [-0.05, 0) is 23.9 Å². The summed E-state index contributed by atoms with van der Waals surface area (Å²) in [7, 11) is 1.55. The van der Waals surface area contributed by atoms with Crippen LogP contribution < -0.4 is 15.4 Å². The summed E-state index contributed by atoms with van der Waals surface area (Å²) in [5.41, 5.74) is 0.634. The Morgan fingerprint density at radius 1 is 1.42 bits per heavy atom. The molecular formula is C13H15N3O2S. The first-order chi connectivity index (χ1) is 9.28. The van der Waals surface area contributed by atoms with Crippen LogP contribution in [0, 0.1) is 0 Å². The zero-order valence-electron chi connectivity index (χ0n) is 10.6. The van der Waals surface area contributed by atoms with Crippen LogP contribution in [0.3, 0.4) is 0 Å². The van der Waals surface area contributed by atoms with E-state index in [9.17, 15) is 4.79 Å². The number of amides is 2. The number of nitrogens with one attached hydrogen (secondary N) is 2. The maximum absolute atomic E-state index is 11.6. The monoisotopic (exact) mass is 277 g/mol. The molecule has 19 heavy (non-hydrogen) atoms. The summed E-state index contributed by atoms with van der Waals surface area (Å²) in [6.45, 7) is 0.607. The maximum atomic E-state index is 11.6. The number of pyridine rings is 1. The van der Waals surface area contributed by atoms with Crippen molar-refractivity contribution < 1.29 is 9.53 Å². The number of aromatic nitrogens is 1. The molecule has 0 saturated heterocycles. The average Bonchev–Trinajstić information content (AvgIpc) is 2.93. The molecule has 5 nitrogen and oxygen atoms in total. The van der Waals surface area contributed by atoms with E-state index >= 15 is 0 Å². The minimum absolute atomic E-state index is 0.233. The van der Waals surface area contributed by atoms with Crippen LogP contribution in [0.4, 0.5) is 10.5 Å². The molecular weight excluding hydrogens is 262 g/mol. The summed E-state index contributed by atoms with van der Waals surface area (Å²) in [5.74, 6) is 0.517. The van der Waals surface area contributed by atoms with E-state index in [4.69, 9.17) is 4.74 Å². The van der Waals surface area contributed by atoms with E-state index < -0.39 is 0 Å². The molecule has 6 heteroatoms. The standard InChI is InChI=1S/C13H15N3O2S/c1-18-12-5-4-10(9-15-12)16-13(17)14-7-6-11-3-2-8-19-11/h2-5,8-9H,6-7H2,1H3,(H2,14,16,17). The van der Waals surface area contributed by atoms with E-state index in [0.717, 1.165) is 6.42 Å². The van der Waals surface area contributed by atoms with Gasteiger partial charge in [0.25, 0.3) is 0 Å². The second-order valence-corrected chi connectivity index (χ2v) is 4.83. The molecule has 0 bridgehead atoms. The molecule has 0 fully saturated rings. The Morgan fingerprint density at radius 3 is 2.95 bits per heavy atom. The number of thiophene rings is 1. The van der Waals surface area contributed by atoms with Crippen molar-refractivity contribution in [2.45, 2.75) is 6.42 Å². The summed E-state index contributed by atoms with van der Waals surface area (Å²) in [6.07, 6.45) is 2.39. The fraction of sp³-hybridized carbons (Fsp3) is 0.231. The molecule has 2 aromatic heterocycles. The molecule has 100 valence electrons. The van der Waals surface area contributed by atoms with Crippen LogP contribution in [0.1, 0.15) is 4.88 Å². The number of urea groups is 1. The molecule has 0 unspecified atom stereocenters. The summed E-state index contributed by atoms with van der Waals surface area (Å²) in [6, 6.07) is 7.26. The number of rotatable bonds is 5. The largest absolute Gasteiger partial charge is 0.481 e. The van der Waals surface area contributed by atoms with E-state index in [2.05, 4.69) is 21.7 Å². The number of hydrogen-bond acceptors (Lipinski definition) is 4. The first-order valence-electron chi connectivity index (χ1n) is 5.85. The van der Waals surface area contributed by atoms with E-state index in [1.807, 2.05) is 11.4 Å². The second-order valence-electron chi connectivity index (χ2n) is 3.80. The molecule has 2 aromatic rings. The van der Waals surface area contributed by atoms with Gasteiger partial charge in [-0.2, -0.15) is 0 Å². The summed E-state index contributed by atoms with van der Waals surface area (Å²) in [4.78, 5) is 16.9. The Hall–Kier alpha value is -2.08. The Bertz CT molecular complexity index is 511. The van der Waals surface area contributed by atoms with Gasteiger partial charge in [0.05, 0.1) is 19.0 Å². The molecule has 2 rings (SSSR count). The van der Waals surface area contributed by atoms with Gasteiger partial charge < -0.3 is 15.4 Å². The lowest BCUT2D eigenvalue weighted by atomic mass is 10.3. The maximum Gasteiger partial charge on any atom is 0.319 e. The lowest BCUT2D eigenvalue weighted by molar-refractivity contribution is 0.252. The van der Waals surface area contributed by atoms with E-state index in [1.165, 1.54) is 4.88 Å². The van der Waals surface area contributed by atoms with Crippen molar-refractivity contribution in [3.05, 3.63) is 40.7 Å². The van der Waals surface area contributed by atoms with Gasteiger partial charge >= 0.3 is 6.03 Å². The second kappa shape index (κ2) is 6.75. The molecule has 2 amide bonds. The first kappa shape index (κ1) is 13.4. The Morgan fingerprint density at radius 2 is 2.32 bits per heavy atom. The lowest BCUT2D eigenvalue weighted by Gasteiger charge is -2.07. The molecule has 0 atom stereocenters. The molecule has 0 aliphatic carbocycles. The Kier molecular flexibility index (Phi) is 4.74. The van der Waals surface area contributed by atoms with E-state index in [0.29, 0.717) is 18.1 Å². The first-order valence-corrected chi connectivity index (χ1v) is 6.73. The summed E-state index contributed by atoms with van der Waals surface area (Å²) in [5, 5.41) is 7.53. The van der Waals surface area contributed by atoms with Gasteiger partial charge in [-0.1, -0.05) is 6.07 Å². The third kappa shape index (κ3) is 4.26. The highest BCUT2D eigenvalue weighted by molar-refractivity contribution is 7.09. The minimum atomic E-state index is -0.233. The highest BCUT2D eigenvalue weighted by Gasteiger charge is 2.02. The Balaban J connectivity index is 1.74. The number of hydrogen-bond donors (Lipinski definition) is 2. The van der Waals surface area contributed by atoms with Crippen molar-refractivity contribution in [3.8, 4) is 5.88 Å². The predicted molar refractivity (Wildman–Crippen MR) is 75.8 cm³/mol. The van der Waals surface area contributed by atoms with Crippen LogP contribution in [-0.4, -0.2) is 24.7 Å². The van der Waals surface area contributed by atoms with Crippen molar-refractivity contribution in [3.63, 3.8) is 0 Å². The van der Waals surface area contributed by atoms with Crippen LogP contribution in [0.25, 0.3) is 0 Å². The number of carbonyl (C=O) groups excluding carboxylic acids is 1. The summed E-state index contributed by atoms with van der Waals surface area (Å²) >= 11 is 1.69. The van der Waals surface area contributed by atoms with Crippen molar-refractivity contribution in [1.82, 2.24) is 10.3 Å². The van der Waals surface area contributed by atoms with Crippen LogP contribution in [0.5, 0.6) is 5.88 Å². The highest BCUT2D eigenvalue weighted by atomic mass is 32.1. The highest BCUT2D eigenvalue weighted by Crippen LogP contribution is 2.11. The molecule has 0 radical (unpaired) electrons. The van der Waals surface area contributed by atoms with Crippen LogP contribution in [0.15, 0.2) is 35.8 Å². The third-order valence-corrected chi connectivity index (χ3v) is 3.38. The normalized spacial score (nSPS) is 9.95. The van der Waals surface area contributed by atoms with Crippen molar-refractivity contribution in [2.24, 2.45) is 0 Å². The SMILES string of the molecule is COc1ccc(NC(=O)NCCc2cccs2)cn1. The average molecular weight is 277 g/mol. The van der Waals surface area contributed by atoms with Gasteiger partial charge in [-0.15, -0.1) is 11.3 Å². The number of nitrogens with zero attached hydrogens (tertiary/aromatic N) is 1. The van der Waals surface area contributed by atoms with Gasteiger partial charge in [0, 0.05) is 17.5 Å². The van der Waals surface area contributed by atoms with Gasteiger partial charge in [-0.3, -0.25) is 0 Å². The molecule has 2 heterocycles. The van der Waals surface area contributed by atoms with Crippen molar-refractivity contribution in [1.29, 1.82) is 0 Å². The van der Waals surface area contributed by atoms with Crippen molar-refractivity contribution in [2.75, 3.05) is 19.0 Å². The molecule has 0 aliphatic heterocycles. The number of methoxy groups -OCH3 is 1. The predicted octanol–water partition coefficient (Wildman–Crippen LogP) is 2.52. The zero-order chi connectivity index (χ0) is 13.5. The molecule has 2 N–H and O–H groups in total. The molecule has 0 saturated carbocycles. The topological polar surface area (TPSA) is 63.2 Å². The number of carbonyl (C=O) groups is 1. The number of anilines is 1. The molecule has 0 aliphatic rings. The van der Waals surface area contributed by atoms with Gasteiger partial charge in [-0.25, -0.2) is 9.78 Å². The minimum Gasteiger partial charge on any atom is -0.481 e. The van der Waals surface area contributed by atoms with Crippen LogP contribution in [-0.2, 0) is 6.42 Å². The fourth-order valence-electron chi connectivity index (χ4n) is 1.50. The van der Waals surface area contributed by atoms with Gasteiger partial charge in [0.1, 0.15) is 0 Å². The van der Waals surface area contributed by atoms with Gasteiger partial charge in [0.2, 0.25) is 5.88 Å². The summed E-state index contributed by atoms with van der Waals surface area (Å²) < 4.78 is 4.94. The van der Waals surface area contributed by atoms with Crippen LogP contribution >= 0.6 is 11.3 Å². The third-order valence-electron chi connectivity index (χ3n) is 2.44. The van der Waals surface area contributed by atoms with E-state index in [-0.39, 0.29) is 6.03 Å². The fourth-order valence-corrected chi connectivity index (χ4v) is 2.21. The Labute approximate surface area is 115 Å². The quantitative estimate of drug-likeness (QED) is 0.882. The van der Waals surface area contributed by atoms with Crippen molar-refractivity contribution >= 4 is 23.1 Å². The molecule has 0 aromatic carbocycles.